The van der Waals surface area contributed by atoms with Crippen LogP contribution in [-0.4, -0.2) is 6.04 Å². The molecule has 3 atom stereocenters. The van der Waals surface area contributed by atoms with Crippen molar-refractivity contribution in [2.75, 3.05) is 5.32 Å². The highest BCUT2D eigenvalue weighted by molar-refractivity contribution is 6.30. The van der Waals surface area contributed by atoms with Crippen LogP contribution < -0.4 is 5.32 Å². The molecule has 1 aliphatic carbocycles. The first-order valence-corrected chi connectivity index (χ1v) is 6.65. The Morgan fingerprint density at radius 1 is 1.24 bits per heavy atom. The van der Waals surface area contributed by atoms with Crippen molar-refractivity contribution in [1.29, 1.82) is 0 Å². The highest BCUT2D eigenvalue weighted by Gasteiger charge is 2.25. The van der Waals surface area contributed by atoms with Crippen molar-refractivity contribution in [2.45, 2.75) is 39.2 Å². The van der Waals surface area contributed by atoms with E-state index in [9.17, 15) is 4.39 Å². The Hall–Kier alpha value is -0.760. The van der Waals surface area contributed by atoms with E-state index in [0.29, 0.717) is 17.0 Å². The number of halogens is 2. The van der Waals surface area contributed by atoms with Crippen LogP contribution in [0, 0.1) is 17.7 Å². The lowest BCUT2D eigenvalue weighted by Gasteiger charge is -2.33. The van der Waals surface area contributed by atoms with Gasteiger partial charge in [0, 0.05) is 16.8 Å². The predicted molar refractivity (Wildman–Crippen MR) is 71.0 cm³/mol. The second-order valence-electron chi connectivity index (χ2n) is 5.30. The topological polar surface area (TPSA) is 12.0 Å². The third-order valence-electron chi connectivity index (χ3n) is 3.65. The summed E-state index contributed by atoms with van der Waals surface area (Å²) in [6.07, 6.45) is 3.63. The summed E-state index contributed by atoms with van der Waals surface area (Å²) >= 11 is 5.85. The Balaban J connectivity index is 2.05. The molecule has 1 saturated carbocycles. The molecule has 1 aromatic carbocycles. The van der Waals surface area contributed by atoms with Crippen molar-refractivity contribution in [3.8, 4) is 0 Å². The highest BCUT2D eigenvalue weighted by Crippen LogP contribution is 2.31. The first kappa shape index (κ1) is 12.7. The molecule has 0 spiro atoms. The molecule has 94 valence electrons. The second kappa shape index (κ2) is 5.26. The molecule has 17 heavy (non-hydrogen) atoms. The molecule has 1 aliphatic rings. The molecule has 0 amide bonds. The molecule has 1 nitrogen and oxygen atoms in total. The zero-order valence-corrected chi connectivity index (χ0v) is 11.1. The van der Waals surface area contributed by atoms with E-state index in [-0.39, 0.29) is 5.82 Å². The lowest BCUT2D eigenvalue weighted by atomic mass is 9.80. The van der Waals surface area contributed by atoms with Gasteiger partial charge in [-0.15, -0.1) is 0 Å². The predicted octanol–water partition coefficient (Wildman–Crippen LogP) is 4.72. The minimum Gasteiger partial charge on any atom is -0.382 e. The molecular formula is C14H19ClFN. The van der Waals surface area contributed by atoms with E-state index in [1.165, 1.54) is 25.0 Å². The zero-order chi connectivity index (χ0) is 12.4. The van der Waals surface area contributed by atoms with Gasteiger partial charge in [0.25, 0.3) is 0 Å². The Labute approximate surface area is 107 Å². The van der Waals surface area contributed by atoms with E-state index < -0.39 is 0 Å². The maximum atomic E-state index is 13.2. The number of rotatable bonds is 2. The van der Waals surface area contributed by atoms with E-state index in [0.717, 1.165) is 18.0 Å². The highest BCUT2D eigenvalue weighted by atomic mass is 35.5. The van der Waals surface area contributed by atoms with Gasteiger partial charge in [0.2, 0.25) is 0 Å². The van der Waals surface area contributed by atoms with Crippen LogP contribution in [0.5, 0.6) is 0 Å². The lowest BCUT2D eigenvalue weighted by molar-refractivity contribution is 0.276. The van der Waals surface area contributed by atoms with Crippen molar-refractivity contribution >= 4 is 17.3 Å². The van der Waals surface area contributed by atoms with Gasteiger partial charge in [-0.1, -0.05) is 25.4 Å². The van der Waals surface area contributed by atoms with Crippen molar-refractivity contribution in [1.82, 2.24) is 0 Å². The van der Waals surface area contributed by atoms with Crippen LogP contribution in [0.2, 0.25) is 5.02 Å². The van der Waals surface area contributed by atoms with E-state index in [2.05, 4.69) is 19.2 Å². The smallest absolute Gasteiger partial charge is 0.126 e. The molecule has 1 aromatic rings. The molecule has 2 rings (SSSR count). The van der Waals surface area contributed by atoms with Gasteiger partial charge in [-0.2, -0.15) is 0 Å². The fourth-order valence-corrected chi connectivity index (χ4v) is 2.95. The van der Waals surface area contributed by atoms with Gasteiger partial charge in [0.05, 0.1) is 0 Å². The summed E-state index contributed by atoms with van der Waals surface area (Å²) in [6.45, 7) is 4.56. The van der Waals surface area contributed by atoms with Crippen LogP contribution in [-0.2, 0) is 0 Å². The quantitative estimate of drug-likeness (QED) is 0.807. The van der Waals surface area contributed by atoms with E-state index >= 15 is 0 Å². The molecule has 1 N–H and O–H groups in total. The van der Waals surface area contributed by atoms with Crippen LogP contribution in [0.4, 0.5) is 10.1 Å². The molecule has 0 aromatic heterocycles. The summed E-state index contributed by atoms with van der Waals surface area (Å²) in [7, 11) is 0. The Kier molecular flexibility index (Phi) is 3.93. The summed E-state index contributed by atoms with van der Waals surface area (Å²) in [5, 5.41) is 3.86. The second-order valence-corrected chi connectivity index (χ2v) is 5.74. The summed E-state index contributed by atoms with van der Waals surface area (Å²) in [4.78, 5) is 0. The summed E-state index contributed by atoms with van der Waals surface area (Å²) in [6, 6.07) is 5.06. The van der Waals surface area contributed by atoms with Gasteiger partial charge in [-0.25, -0.2) is 4.39 Å². The van der Waals surface area contributed by atoms with E-state index in [1.807, 2.05) is 0 Å². The molecule has 1 fully saturated rings. The average Bonchev–Trinajstić information content (AvgIpc) is 2.21. The van der Waals surface area contributed by atoms with Gasteiger partial charge < -0.3 is 5.32 Å². The summed E-state index contributed by atoms with van der Waals surface area (Å²) in [5.41, 5.74) is 0.793. The number of hydrogen-bond donors (Lipinski definition) is 1. The molecule has 3 heteroatoms. The van der Waals surface area contributed by atoms with Gasteiger partial charge in [0.15, 0.2) is 0 Å². The standard InChI is InChI=1S/C14H19ClFN/c1-9-3-4-14(10(2)5-9)17-13-7-11(15)6-12(16)8-13/h6-10,14,17H,3-5H2,1-2H3. The third-order valence-corrected chi connectivity index (χ3v) is 3.86. The molecule has 0 heterocycles. The SMILES string of the molecule is CC1CCC(Nc2cc(F)cc(Cl)c2)C(C)C1. The Morgan fingerprint density at radius 2 is 2.00 bits per heavy atom. The molecule has 0 aliphatic heterocycles. The summed E-state index contributed by atoms with van der Waals surface area (Å²) in [5.74, 6) is 1.15. The average molecular weight is 256 g/mol. The van der Waals surface area contributed by atoms with E-state index in [1.54, 1.807) is 6.07 Å². The van der Waals surface area contributed by atoms with Crippen molar-refractivity contribution < 1.29 is 4.39 Å². The number of benzene rings is 1. The van der Waals surface area contributed by atoms with Crippen molar-refractivity contribution in [2.24, 2.45) is 11.8 Å². The fraction of sp³-hybridized carbons (Fsp3) is 0.571. The van der Waals surface area contributed by atoms with E-state index in [4.69, 9.17) is 11.6 Å². The maximum Gasteiger partial charge on any atom is 0.126 e. The zero-order valence-electron chi connectivity index (χ0n) is 10.3. The maximum absolute atomic E-state index is 13.2. The van der Waals surface area contributed by atoms with Gasteiger partial charge in [0.1, 0.15) is 5.82 Å². The molecular weight excluding hydrogens is 237 g/mol. The van der Waals surface area contributed by atoms with Crippen LogP contribution in [0.1, 0.15) is 33.1 Å². The number of nitrogens with one attached hydrogen (secondary N) is 1. The Bertz CT molecular complexity index is 374. The normalized spacial score (nSPS) is 29.1. The van der Waals surface area contributed by atoms with Gasteiger partial charge in [-0.3, -0.25) is 0 Å². The minimum absolute atomic E-state index is 0.281. The third kappa shape index (κ3) is 3.35. The summed E-state index contributed by atoms with van der Waals surface area (Å²) < 4.78 is 13.2. The van der Waals surface area contributed by atoms with Crippen LogP contribution in [0.3, 0.4) is 0 Å². The monoisotopic (exact) mass is 255 g/mol. The largest absolute Gasteiger partial charge is 0.382 e. The molecule has 3 unspecified atom stereocenters. The van der Waals surface area contributed by atoms with Crippen LogP contribution >= 0.6 is 11.6 Å². The van der Waals surface area contributed by atoms with Gasteiger partial charge >= 0.3 is 0 Å². The van der Waals surface area contributed by atoms with Crippen LogP contribution in [0.15, 0.2) is 18.2 Å². The first-order valence-electron chi connectivity index (χ1n) is 6.27. The molecule has 0 radical (unpaired) electrons. The van der Waals surface area contributed by atoms with Gasteiger partial charge in [-0.05, 0) is 49.3 Å². The van der Waals surface area contributed by atoms with Crippen molar-refractivity contribution in [3.05, 3.63) is 29.0 Å². The molecule has 0 saturated heterocycles. The van der Waals surface area contributed by atoms with Crippen molar-refractivity contribution in [3.63, 3.8) is 0 Å². The lowest BCUT2D eigenvalue weighted by Crippen LogP contribution is -2.33. The fourth-order valence-electron chi connectivity index (χ4n) is 2.73. The minimum atomic E-state index is -0.281. The molecule has 0 bridgehead atoms. The number of hydrogen-bond acceptors (Lipinski definition) is 1. The first-order chi connectivity index (χ1) is 8.04. The Morgan fingerprint density at radius 3 is 2.65 bits per heavy atom. The van der Waals surface area contributed by atoms with Crippen LogP contribution in [0.25, 0.3) is 0 Å². The number of anilines is 1.